The fourth-order valence-corrected chi connectivity index (χ4v) is 2.16. The normalized spacial score (nSPS) is 12.5. The van der Waals surface area contributed by atoms with Crippen molar-refractivity contribution in [2.24, 2.45) is 5.92 Å². The summed E-state index contributed by atoms with van der Waals surface area (Å²) in [5, 5.41) is 0. The molecule has 0 heterocycles. The number of carbonyl (C=O) groups is 2. The molecular weight excluding hydrogens is 272 g/mol. The lowest BCUT2D eigenvalue weighted by Gasteiger charge is -2.12. The molecule has 0 aromatic heterocycles. The average Bonchev–Trinajstić information content (AvgIpc) is 2.36. The van der Waals surface area contributed by atoms with Gasteiger partial charge >= 0.3 is 0 Å². The Balaban J connectivity index is 4.68. The molecule has 0 spiro atoms. The van der Waals surface area contributed by atoms with Crippen molar-refractivity contribution in [3.05, 3.63) is 34.9 Å². The van der Waals surface area contributed by atoms with Crippen LogP contribution in [0.5, 0.6) is 0 Å². The summed E-state index contributed by atoms with van der Waals surface area (Å²) < 4.78 is 0. The molecule has 0 amide bonds. The van der Waals surface area contributed by atoms with Gasteiger partial charge in [0.15, 0.2) is 0 Å². The van der Waals surface area contributed by atoms with Crippen molar-refractivity contribution < 1.29 is 9.59 Å². The van der Waals surface area contributed by atoms with Crippen molar-refractivity contribution in [1.82, 2.24) is 0 Å². The second-order valence-corrected chi connectivity index (χ2v) is 6.67. The highest BCUT2D eigenvalue weighted by Crippen LogP contribution is 2.18. The number of hydrogen-bond donors (Lipinski definition) is 0. The molecule has 0 bridgehead atoms. The lowest BCUT2D eigenvalue weighted by molar-refractivity contribution is -0.128. The topological polar surface area (TPSA) is 34.1 Å². The van der Waals surface area contributed by atoms with E-state index in [0.717, 1.165) is 25.7 Å². The van der Waals surface area contributed by atoms with E-state index in [0.29, 0.717) is 0 Å². The fraction of sp³-hybridized carbons (Fsp3) is 0.600. The summed E-state index contributed by atoms with van der Waals surface area (Å²) in [5.41, 5.74) is 3.87. The zero-order valence-corrected chi connectivity index (χ0v) is 15.2. The predicted octanol–water partition coefficient (Wildman–Crippen LogP) is 5.59. The first-order valence-corrected chi connectivity index (χ1v) is 8.16. The summed E-state index contributed by atoms with van der Waals surface area (Å²) in [6.07, 6.45) is 10.1. The highest BCUT2D eigenvalue weighted by molar-refractivity contribution is 5.99. The average molecular weight is 304 g/mol. The lowest BCUT2D eigenvalue weighted by atomic mass is 9.91. The molecule has 0 saturated carbocycles. The Morgan fingerprint density at radius 1 is 0.818 bits per heavy atom. The zero-order chi connectivity index (χ0) is 17.1. The number of Topliss-reactive ketones (excluding diaryl/α,β-unsaturated/α-hetero) is 2. The van der Waals surface area contributed by atoms with Gasteiger partial charge in [-0.05, 0) is 67.2 Å². The molecule has 22 heavy (non-hydrogen) atoms. The van der Waals surface area contributed by atoms with Crippen LogP contribution in [-0.4, -0.2) is 11.6 Å². The molecule has 1 unspecified atom stereocenters. The minimum atomic E-state index is -0.0720. The summed E-state index contributed by atoms with van der Waals surface area (Å²) in [5.74, 6) is -0.0491. The molecule has 2 heteroatoms. The molecule has 124 valence electrons. The molecule has 1 atom stereocenters. The lowest BCUT2D eigenvalue weighted by Crippen LogP contribution is -2.16. The van der Waals surface area contributed by atoms with E-state index in [9.17, 15) is 9.59 Å². The maximum absolute atomic E-state index is 12.2. The third-order valence-corrected chi connectivity index (χ3v) is 3.53. The number of hydrogen-bond acceptors (Lipinski definition) is 2. The molecule has 0 N–H and O–H groups in total. The van der Waals surface area contributed by atoms with Crippen LogP contribution in [-0.2, 0) is 9.59 Å². The smallest absolute Gasteiger partial charge is 0.143 e. The van der Waals surface area contributed by atoms with Gasteiger partial charge in [-0.3, -0.25) is 9.59 Å². The van der Waals surface area contributed by atoms with E-state index in [1.54, 1.807) is 0 Å². The summed E-state index contributed by atoms with van der Waals surface area (Å²) in [6.45, 7) is 11.9. The van der Waals surface area contributed by atoms with Crippen LogP contribution in [0.15, 0.2) is 34.9 Å². The van der Waals surface area contributed by atoms with Gasteiger partial charge in [-0.15, -0.1) is 0 Å². The van der Waals surface area contributed by atoms with E-state index in [-0.39, 0.29) is 23.9 Å². The highest BCUT2D eigenvalue weighted by atomic mass is 16.1. The largest absolute Gasteiger partial charge is 0.300 e. The van der Waals surface area contributed by atoms with Crippen LogP contribution in [0.3, 0.4) is 0 Å². The maximum atomic E-state index is 12.2. The Morgan fingerprint density at radius 3 is 1.86 bits per heavy atom. The van der Waals surface area contributed by atoms with Gasteiger partial charge in [0.1, 0.15) is 11.6 Å². The van der Waals surface area contributed by atoms with E-state index in [2.05, 4.69) is 39.0 Å². The molecule has 0 aromatic carbocycles. The molecule has 0 saturated heterocycles. The Kier molecular flexibility index (Phi) is 10.4. The van der Waals surface area contributed by atoms with Crippen LogP contribution in [0.1, 0.15) is 73.6 Å². The summed E-state index contributed by atoms with van der Waals surface area (Å²) in [4.78, 5) is 23.4. The molecule has 0 aliphatic heterocycles. The van der Waals surface area contributed by atoms with Crippen molar-refractivity contribution in [3.8, 4) is 0 Å². The van der Waals surface area contributed by atoms with E-state index in [1.165, 1.54) is 23.6 Å². The highest BCUT2D eigenvalue weighted by Gasteiger charge is 2.17. The van der Waals surface area contributed by atoms with E-state index < -0.39 is 0 Å². The fourth-order valence-electron chi connectivity index (χ4n) is 2.16. The molecule has 0 aliphatic carbocycles. The number of ketones is 2. The molecule has 0 fully saturated rings. The molecular formula is C20H32O2. The predicted molar refractivity (Wildman–Crippen MR) is 94.9 cm³/mol. The maximum Gasteiger partial charge on any atom is 0.143 e. The van der Waals surface area contributed by atoms with E-state index >= 15 is 0 Å². The number of allylic oxidation sites excluding steroid dienone is 6. The van der Waals surface area contributed by atoms with Crippen LogP contribution in [0, 0.1) is 5.92 Å². The Labute approximate surface area is 136 Å². The monoisotopic (exact) mass is 304 g/mol. The Morgan fingerprint density at radius 2 is 1.36 bits per heavy atom. The van der Waals surface area contributed by atoms with Crippen LogP contribution in [0.4, 0.5) is 0 Å². The van der Waals surface area contributed by atoms with Gasteiger partial charge in [0, 0.05) is 5.92 Å². The van der Waals surface area contributed by atoms with Crippen LogP contribution >= 0.6 is 0 Å². The van der Waals surface area contributed by atoms with Crippen LogP contribution in [0.25, 0.3) is 0 Å². The second-order valence-electron chi connectivity index (χ2n) is 6.67. The zero-order valence-electron chi connectivity index (χ0n) is 15.2. The molecule has 0 rings (SSSR count). The van der Waals surface area contributed by atoms with Gasteiger partial charge in [0.2, 0.25) is 0 Å². The third kappa shape index (κ3) is 11.2. The number of carbonyl (C=O) groups excluding carboxylic acids is 2. The molecule has 0 radical (unpaired) electrons. The molecule has 2 nitrogen and oxygen atoms in total. The third-order valence-electron chi connectivity index (χ3n) is 3.53. The van der Waals surface area contributed by atoms with Crippen molar-refractivity contribution >= 4 is 11.6 Å². The van der Waals surface area contributed by atoms with Gasteiger partial charge < -0.3 is 0 Å². The van der Waals surface area contributed by atoms with Crippen LogP contribution in [0.2, 0.25) is 0 Å². The second kappa shape index (κ2) is 11.2. The van der Waals surface area contributed by atoms with Gasteiger partial charge in [0.05, 0.1) is 6.42 Å². The van der Waals surface area contributed by atoms with Gasteiger partial charge in [-0.25, -0.2) is 0 Å². The first-order valence-electron chi connectivity index (χ1n) is 8.16. The SMILES string of the molecule is CC(=O)CC(=O)C(CC=C(C)C)CC=C(C)CCC=C(C)C. The first-order chi connectivity index (χ1) is 10.2. The minimum absolute atomic E-state index is 0.0449. The Bertz CT molecular complexity index is 456. The van der Waals surface area contributed by atoms with E-state index in [4.69, 9.17) is 0 Å². The van der Waals surface area contributed by atoms with Gasteiger partial charge in [-0.1, -0.05) is 34.9 Å². The van der Waals surface area contributed by atoms with E-state index in [1.807, 2.05) is 13.8 Å². The number of rotatable bonds is 10. The summed E-state index contributed by atoms with van der Waals surface area (Å²) >= 11 is 0. The van der Waals surface area contributed by atoms with Gasteiger partial charge in [-0.2, -0.15) is 0 Å². The van der Waals surface area contributed by atoms with Crippen molar-refractivity contribution in [3.63, 3.8) is 0 Å². The minimum Gasteiger partial charge on any atom is -0.300 e. The first kappa shape index (κ1) is 20.6. The Hall–Kier alpha value is -1.44. The van der Waals surface area contributed by atoms with Crippen molar-refractivity contribution in [2.75, 3.05) is 0 Å². The molecule has 0 aromatic rings. The van der Waals surface area contributed by atoms with Crippen LogP contribution < -0.4 is 0 Å². The summed E-state index contributed by atoms with van der Waals surface area (Å²) in [7, 11) is 0. The quantitative estimate of drug-likeness (QED) is 0.389. The summed E-state index contributed by atoms with van der Waals surface area (Å²) in [6, 6.07) is 0. The standard InChI is InChI=1S/C20H32O2/c1-15(2)8-7-9-17(5)11-13-19(12-10-16(3)4)20(22)14-18(6)21/h8,10-11,19H,7,9,12-14H2,1-6H3. The van der Waals surface area contributed by atoms with Gasteiger partial charge in [0.25, 0.3) is 0 Å². The van der Waals surface area contributed by atoms with Crippen molar-refractivity contribution in [2.45, 2.75) is 73.6 Å². The van der Waals surface area contributed by atoms with Crippen molar-refractivity contribution in [1.29, 1.82) is 0 Å². The molecule has 0 aliphatic rings.